The smallest absolute Gasteiger partial charge is 0.123 e. The van der Waals surface area contributed by atoms with Crippen LogP contribution in [0.3, 0.4) is 0 Å². The first-order chi connectivity index (χ1) is 6.59. The van der Waals surface area contributed by atoms with Crippen molar-refractivity contribution in [3.63, 3.8) is 0 Å². The third-order valence-electron chi connectivity index (χ3n) is 2.01. The van der Waals surface area contributed by atoms with Gasteiger partial charge in [-0.25, -0.2) is 4.39 Å². The van der Waals surface area contributed by atoms with Crippen molar-refractivity contribution in [3.8, 4) is 0 Å². The minimum absolute atomic E-state index is 0.234. The molecule has 0 aliphatic heterocycles. The van der Waals surface area contributed by atoms with Gasteiger partial charge in [0.15, 0.2) is 0 Å². The van der Waals surface area contributed by atoms with Crippen molar-refractivity contribution in [1.29, 1.82) is 0 Å². The maximum atomic E-state index is 12.5. The fourth-order valence-corrected chi connectivity index (χ4v) is 0.966. The summed E-state index contributed by atoms with van der Waals surface area (Å²) in [5.41, 5.74) is 6.63. The molecule has 0 fully saturated rings. The molecule has 0 amide bonds. The summed E-state index contributed by atoms with van der Waals surface area (Å²) in [4.78, 5) is 0. The fraction of sp³-hybridized carbons (Fsp3) is 0.455. The highest BCUT2D eigenvalue weighted by atomic mass is 19.1. The summed E-state index contributed by atoms with van der Waals surface area (Å²) in [5, 5.41) is 0. The zero-order chi connectivity index (χ0) is 10.6. The van der Waals surface area contributed by atoms with Gasteiger partial charge in [-0.3, -0.25) is 0 Å². The molecular formula is C11H16FNO. The highest BCUT2D eigenvalue weighted by Gasteiger charge is 2.07. The van der Waals surface area contributed by atoms with Crippen LogP contribution in [0.1, 0.15) is 19.4 Å². The topological polar surface area (TPSA) is 35.2 Å². The van der Waals surface area contributed by atoms with Gasteiger partial charge in [-0.1, -0.05) is 26.0 Å². The molecule has 1 unspecified atom stereocenters. The van der Waals surface area contributed by atoms with Crippen molar-refractivity contribution in [1.82, 2.24) is 0 Å². The Hall–Kier alpha value is -0.930. The Morgan fingerprint density at radius 2 is 1.86 bits per heavy atom. The summed E-state index contributed by atoms with van der Waals surface area (Å²) >= 11 is 0. The molecule has 3 heteroatoms. The monoisotopic (exact) mass is 197 g/mol. The van der Waals surface area contributed by atoms with Crippen LogP contribution in [-0.2, 0) is 11.3 Å². The summed E-state index contributed by atoms with van der Waals surface area (Å²) < 4.78 is 17.9. The number of hydrogen-bond donors (Lipinski definition) is 1. The van der Waals surface area contributed by atoms with Crippen LogP contribution in [0.5, 0.6) is 0 Å². The second kappa shape index (κ2) is 5.08. The molecular weight excluding hydrogens is 181 g/mol. The molecule has 1 rings (SSSR count). The van der Waals surface area contributed by atoms with Gasteiger partial charge in [-0.05, 0) is 23.6 Å². The Balaban J connectivity index is 2.42. The van der Waals surface area contributed by atoms with E-state index >= 15 is 0 Å². The number of nitrogens with two attached hydrogens (primary N) is 1. The van der Waals surface area contributed by atoms with E-state index in [0.29, 0.717) is 6.61 Å². The average Bonchev–Trinajstić information content (AvgIpc) is 2.16. The third-order valence-corrected chi connectivity index (χ3v) is 2.01. The molecule has 0 saturated carbocycles. The van der Waals surface area contributed by atoms with E-state index < -0.39 is 0 Å². The highest BCUT2D eigenvalue weighted by molar-refractivity contribution is 5.14. The van der Waals surface area contributed by atoms with E-state index in [1.807, 2.05) is 13.8 Å². The SMILES string of the molecule is CC(C)C(N)OCc1ccc(F)cc1. The number of hydrogen-bond acceptors (Lipinski definition) is 2. The van der Waals surface area contributed by atoms with Crippen molar-refractivity contribution in [2.24, 2.45) is 11.7 Å². The van der Waals surface area contributed by atoms with Gasteiger partial charge >= 0.3 is 0 Å². The average molecular weight is 197 g/mol. The summed E-state index contributed by atoms with van der Waals surface area (Å²) in [7, 11) is 0. The molecule has 2 nitrogen and oxygen atoms in total. The number of rotatable bonds is 4. The van der Waals surface area contributed by atoms with Crippen LogP contribution in [0.2, 0.25) is 0 Å². The van der Waals surface area contributed by atoms with Crippen molar-refractivity contribution in [2.75, 3.05) is 0 Å². The summed E-state index contributed by atoms with van der Waals surface area (Å²) in [6.45, 7) is 4.42. The van der Waals surface area contributed by atoms with Gasteiger partial charge in [0.2, 0.25) is 0 Å². The lowest BCUT2D eigenvalue weighted by Crippen LogP contribution is -2.29. The van der Waals surface area contributed by atoms with E-state index in [1.165, 1.54) is 12.1 Å². The van der Waals surface area contributed by atoms with Crippen LogP contribution < -0.4 is 5.73 Å². The van der Waals surface area contributed by atoms with Gasteiger partial charge in [-0.2, -0.15) is 0 Å². The van der Waals surface area contributed by atoms with Gasteiger partial charge in [0.05, 0.1) is 6.61 Å². The summed E-state index contributed by atoms with van der Waals surface area (Å²) in [6.07, 6.45) is -0.264. The van der Waals surface area contributed by atoms with Crippen LogP contribution in [0.4, 0.5) is 4.39 Å². The second-order valence-corrected chi connectivity index (χ2v) is 3.65. The molecule has 1 aromatic carbocycles. The van der Waals surface area contributed by atoms with E-state index in [-0.39, 0.29) is 18.0 Å². The van der Waals surface area contributed by atoms with Crippen molar-refractivity contribution in [2.45, 2.75) is 26.7 Å². The largest absolute Gasteiger partial charge is 0.359 e. The second-order valence-electron chi connectivity index (χ2n) is 3.65. The van der Waals surface area contributed by atoms with E-state index in [9.17, 15) is 4.39 Å². The van der Waals surface area contributed by atoms with Gasteiger partial charge in [0.25, 0.3) is 0 Å². The molecule has 0 aromatic heterocycles. The standard InChI is InChI=1S/C11H16FNO/c1-8(2)11(13)14-7-9-3-5-10(12)6-4-9/h3-6,8,11H,7,13H2,1-2H3. The first-order valence-corrected chi connectivity index (χ1v) is 4.71. The molecule has 0 aliphatic carbocycles. The van der Waals surface area contributed by atoms with E-state index in [4.69, 9.17) is 10.5 Å². The Morgan fingerprint density at radius 1 is 1.29 bits per heavy atom. The molecule has 1 aromatic rings. The third kappa shape index (κ3) is 3.44. The van der Waals surface area contributed by atoms with Crippen LogP contribution in [0.25, 0.3) is 0 Å². The Kier molecular flexibility index (Phi) is 4.04. The van der Waals surface area contributed by atoms with Crippen molar-refractivity contribution in [3.05, 3.63) is 35.6 Å². The first kappa shape index (κ1) is 11.1. The predicted octanol–water partition coefficient (Wildman–Crippen LogP) is 2.28. The summed E-state index contributed by atoms with van der Waals surface area (Å²) in [5.74, 6) is 0.0531. The van der Waals surface area contributed by atoms with Gasteiger partial charge in [-0.15, -0.1) is 0 Å². The Morgan fingerprint density at radius 3 is 2.36 bits per heavy atom. The fourth-order valence-electron chi connectivity index (χ4n) is 0.966. The highest BCUT2D eigenvalue weighted by Crippen LogP contribution is 2.07. The lowest BCUT2D eigenvalue weighted by Gasteiger charge is -2.16. The zero-order valence-corrected chi connectivity index (χ0v) is 8.53. The molecule has 0 radical (unpaired) electrons. The molecule has 0 saturated heterocycles. The molecule has 78 valence electrons. The minimum atomic E-state index is -0.264. The van der Waals surface area contributed by atoms with E-state index in [0.717, 1.165) is 5.56 Å². The lowest BCUT2D eigenvalue weighted by atomic mass is 10.2. The van der Waals surface area contributed by atoms with Crippen molar-refractivity contribution < 1.29 is 9.13 Å². The van der Waals surface area contributed by atoms with Crippen LogP contribution in [-0.4, -0.2) is 6.23 Å². The maximum Gasteiger partial charge on any atom is 0.123 e. The minimum Gasteiger partial charge on any atom is -0.359 e. The quantitative estimate of drug-likeness (QED) is 0.751. The Bertz CT molecular complexity index is 271. The molecule has 2 N–H and O–H groups in total. The van der Waals surface area contributed by atoms with Gasteiger partial charge < -0.3 is 10.5 Å². The Labute approximate surface area is 83.9 Å². The number of halogens is 1. The van der Waals surface area contributed by atoms with E-state index in [2.05, 4.69) is 0 Å². The molecule has 0 spiro atoms. The van der Waals surface area contributed by atoms with Crippen LogP contribution in [0, 0.1) is 11.7 Å². The maximum absolute atomic E-state index is 12.5. The molecule has 0 heterocycles. The number of ether oxygens (including phenoxy) is 1. The predicted molar refractivity (Wildman–Crippen MR) is 54.0 cm³/mol. The van der Waals surface area contributed by atoms with E-state index in [1.54, 1.807) is 12.1 Å². The lowest BCUT2D eigenvalue weighted by molar-refractivity contribution is 0.0151. The first-order valence-electron chi connectivity index (χ1n) is 4.71. The van der Waals surface area contributed by atoms with Crippen LogP contribution in [0.15, 0.2) is 24.3 Å². The normalized spacial score (nSPS) is 13.2. The molecule has 0 aliphatic rings. The van der Waals surface area contributed by atoms with Gasteiger partial charge in [0, 0.05) is 0 Å². The van der Waals surface area contributed by atoms with Gasteiger partial charge in [0.1, 0.15) is 12.0 Å². The van der Waals surface area contributed by atoms with Crippen LogP contribution >= 0.6 is 0 Å². The molecule has 14 heavy (non-hydrogen) atoms. The molecule has 1 atom stereocenters. The zero-order valence-electron chi connectivity index (χ0n) is 8.53. The van der Waals surface area contributed by atoms with Crippen molar-refractivity contribution >= 4 is 0 Å². The summed E-state index contributed by atoms with van der Waals surface area (Å²) in [6, 6.07) is 6.23. The number of benzene rings is 1. The molecule has 0 bridgehead atoms.